The van der Waals surface area contributed by atoms with Gasteiger partial charge in [-0.3, -0.25) is 0 Å². The van der Waals surface area contributed by atoms with Crippen molar-refractivity contribution in [3.63, 3.8) is 0 Å². The van der Waals surface area contributed by atoms with Crippen molar-refractivity contribution in [2.24, 2.45) is 0 Å². The second kappa shape index (κ2) is 5.20. The number of carbonyl (C=O) groups is 1. The number of fused-ring (bicyclic) bond motifs is 1. The molecule has 0 saturated heterocycles. The van der Waals surface area contributed by atoms with Crippen molar-refractivity contribution in [3.8, 4) is 5.75 Å². The van der Waals surface area contributed by atoms with Crippen molar-refractivity contribution < 1.29 is 18.7 Å². The van der Waals surface area contributed by atoms with Gasteiger partial charge < -0.3 is 19.4 Å². The second-order valence-corrected chi connectivity index (χ2v) is 4.10. The zero-order valence-electron chi connectivity index (χ0n) is 11.4. The van der Waals surface area contributed by atoms with E-state index in [4.69, 9.17) is 9.47 Å². The molecule has 2 aromatic rings. The van der Waals surface area contributed by atoms with E-state index in [1.165, 1.54) is 26.2 Å². The maximum absolute atomic E-state index is 12.2. The highest BCUT2D eigenvalue weighted by molar-refractivity contribution is 5.88. The van der Waals surface area contributed by atoms with Crippen molar-refractivity contribution in [1.29, 1.82) is 0 Å². The van der Waals surface area contributed by atoms with Gasteiger partial charge in [0.25, 0.3) is 5.52 Å². The molecule has 7 nitrogen and oxygen atoms in total. The SMILES string of the molecule is CCOC(=O)c1c(C)n([O-])c2cc(OC)ccc2[n+]1=O. The number of hydrogen-bond donors (Lipinski definition) is 0. The van der Waals surface area contributed by atoms with Crippen molar-refractivity contribution in [2.75, 3.05) is 13.7 Å². The van der Waals surface area contributed by atoms with E-state index in [0.717, 1.165) is 0 Å². The molecule has 0 aliphatic heterocycles. The summed E-state index contributed by atoms with van der Waals surface area (Å²) in [5.74, 6) is -0.368. The molecule has 1 aromatic carbocycles. The Labute approximate surface area is 114 Å². The van der Waals surface area contributed by atoms with E-state index in [1.807, 2.05) is 0 Å². The number of methoxy groups -OCH3 is 1. The van der Waals surface area contributed by atoms with Crippen LogP contribution in [0.15, 0.2) is 18.2 Å². The van der Waals surface area contributed by atoms with Gasteiger partial charge in [-0.15, -0.1) is 0 Å². The van der Waals surface area contributed by atoms with Crippen LogP contribution < -0.4 is 9.16 Å². The van der Waals surface area contributed by atoms with Crippen molar-refractivity contribution in [2.45, 2.75) is 13.8 Å². The van der Waals surface area contributed by atoms with Gasteiger partial charge in [0.05, 0.1) is 23.8 Å². The van der Waals surface area contributed by atoms with Crippen LogP contribution in [0.3, 0.4) is 0 Å². The van der Waals surface area contributed by atoms with Crippen LogP contribution in [0.25, 0.3) is 11.0 Å². The van der Waals surface area contributed by atoms with Crippen LogP contribution in [0.1, 0.15) is 23.1 Å². The molecular formula is C13H14N2O5. The van der Waals surface area contributed by atoms with Crippen molar-refractivity contribution >= 4 is 17.0 Å². The minimum absolute atomic E-state index is 0.0146. The second-order valence-electron chi connectivity index (χ2n) is 4.10. The van der Waals surface area contributed by atoms with Gasteiger partial charge in [0, 0.05) is 17.0 Å². The van der Waals surface area contributed by atoms with E-state index in [0.29, 0.717) is 14.9 Å². The Morgan fingerprint density at radius 1 is 1.45 bits per heavy atom. The summed E-state index contributed by atoms with van der Waals surface area (Å²) in [7, 11) is 1.46. The molecule has 0 bridgehead atoms. The standard InChI is InChI=1S/C13H14N2O5/c1-4-20-13(16)12-8(2)14(17)11-7-9(19-3)5-6-10(11)15(12)18/h5-7H,4H2,1-3H3. The number of esters is 1. The largest absolute Gasteiger partial charge is 0.805 e. The van der Waals surface area contributed by atoms with Gasteiger partial charge in [-0.05, 0) is 19.9 Å². The summed E-state index contributed by atoms with van der Waals surface area (Å²) in [5, 5.41) is 12.2. The summed E-state index contributed by atoms with van der Waals surface area (Å²) in [4.78, 5) is 24.0. The number of hydrogen-bond acceptors (Lipinski definition) is 5. The Morgan fingerprint density at radius 2 is 2.15 bits per heavy atom. The topological polar surface area (TPSA) is 86.5 Å². The Hall–Kier alpha value is -2.57. The highest BCUT2D eigenvalue weighted by atomic mass is 16.5. The maximum atomic E-state index is 12.2. The molecule has 0 atom stereocenters. The van der Waals surface area contributed by atoms with Crippen LogP contribution in [0.2, 0.25) is 0 Å². The van der Waals surface area contributed by atoms with Crippen LogP contribution in [0.5, 0.6) is 5.75 Å². The fourth-order valence-corrected chi connectivity index (χ4v) is 1.94. The first kappa shape index (κ1) is 13.9. The van der Waals surface area contributed by atoms with Crippen molar-refractivity contribution in [3.05, 3.63) is 39.7 Å². The summed E-state index contributed by atoms with van der Waals surface area (Å²) in [5.41, 5.74) is -0.113. The predicted octanol–water partition coefficient (Wildman–Crippen LogP) is 1.40. The number of nitrogens with zero attached hydrogens (tertiary/aromatic N) is 2. The lowest BCUT2D eigenvalue weighted by molar-refractivity contribution is -0.469. The van der Waals surface area contributed by atoms with Gasteiger partial charge in [0.1, 0.15) is 11.3 Å². The van der Waals surface area contributed by atoms with E-state index in [-0.39, 0.29) is 29.0 Å². The Kier molecular flexibility index (Phi) is 3.60. The quantitative estimate of drug-likeness (QED) is 0.625. The molecular weight excluding hydrogens is 264 g/mol. The van der Waals surface area contributed by atoms with Crippen LogP contribution in [-0.2, 0) is 4.74 Å². The summed E-state index contributed by atoms with van der Waals surface area (Å²) in [6.45, 7) is 3.14. The molecule has 1 heterocycles. The number of carbonyl (C=O) groups excluding carboxylic acids is 1. The van der Waals surface area contributed by atoms with E-state index in [1.54, 1.807) is 13.0 Å². The molecule has 1 aromatic heterocycles. The fourth-order valence-electron chi connectivity index (χ4n) is 1.94. The molecule has 106 valence electrons. The fraction of sp³-hybridized carbons (Fsp3) is 0.308. The summed E-state index contributed by atoms with van der Waals surface area (Å²) < 4.78 is 10.8. The molecule has 0 amide bonds. The molecule has 0 spiro atoms. The third-order valence-corrected chi connectivity index (χ3v) is 2.94. The lowest BCUT2D eigenvalue weighted by atomic mass is 10.2. The van der Waals surface area contributed by atoms with Crippen LogP contribution in [0, 0.1) is 17.0 Å². The van der Waals surface area contributed by atoms with Gasteiger partial charge in [0.2, 0.25) is 0 Å². The summed E-state index contributed by atoms with van der Waals surface area (Å²) >= 11 is 0. The van der Waals surface area contributed by atoms with E-state index in [9.17, 15) is 14.9 Å². The van der Waals surface area contributed by atoms with Gasteiger partial charge in [-0.25, -0.2) is 4.79 Å². The van der Waals surface area contributed by atoms with Gasteiger partial charge in [0.15, 0.2) is 0 Å². The van der Waals surface area contributed by atoms with E-state index < -0.39 is 5.97 Å². The smallest absolute Gasteiger partial charge is 0.410 e. The Morgan fingerprint density at radius 3 is 2.75 bits per heavy atom. The molecule has 20 heavy (non-hydrogen) atoms. The minimum atomic E-state index is -0.817. The van der Waals surface area contributed by atoms with E-state index in [2.05, 4.69) is 0 Å². The van der Waals surface area contributed by atoms with Crippen LogP contribution in [-0.4, -0.2) is 24.4 Å². The normalized spacial score (nSPS) is 10.6. The molecule has 2 rings (SSSR count). The van der Waals surface area contributed by atoms with Crippen LogP contribution in [0.4, 0.5) is 0 Å². The number of ether oxygens (including phenoxy) is 2. The minimum Gasteiger partial charge on any atom is -0.805 e. The summed E-state index contributed by atoms with van der Waals surface area (Å²) in [6, 6.07) is 4.41. The average Bonchev–Trinajstić information content (AvgIpc) is 2.44. The van der Waals surface area contributed by atoms with Crippen LogP contribution >= 0.6 is 0 Å². The van der Waals surface area contributed by atoms with Gasteiger partial charge in [-0.2, -0.15) is 0 Å². The Bertz CT molecular complexity index is 736. The number of aromatic nitrogens is 2. The van der Waals surface area contributed by atoms with E-state index >= 15 is 0 Å². The van der Waals surface area contributed by atoms with Gasteiger partial charge >= 0.3 is 11.7 Å². The first-order chi connectivity index (χ1) is 9.51. The highest BCUT2D eigenvalue weighted by Crippen LogP contribution is 2.20. The maximum Gasteiger partial charge on any atom is 0.410 e. The first-order valence-electron chi connectivity index (χ1n) is 6.01. The zero-order valence-corrected chi connectivity index (χ0v) is 11.4. The van der Waals surface area contributed by atoms with Gasteiger partial charge in [-0.1, -0.05) is 0 Å². The third-order valence-electron chi connectivity index (χ3n) is 2.94. The summed E-state index contributed by atoms with van der Waals surface area (Å²) in [6.07, 6.45) is 0. The average molecular weight is 278 g/mol. The monoisotopic (exact) mass is 278 g/mol. The zero-order chi connectivity index (χ0) is 14.9. The molecule has 0 N–H and O–H groups in total. The number of benzene rings is 1. The lowest BCUT2D eigenvalue weighted by Crippen LogP contribution is -2.31. The Balaban J connectivity index is 2.81. The predicted molar refractivity (Wildman–Crippen MR) is 71.3 cm³/mol. The molecule has 7 heteroatoms. The van der Waals surface area contributed by atoms with Crippen molar-refractivity contribution in [1.82, 2.24) is 4.73 Å². The molecule has 0 saturated carbocycles. The third kappa shape index (κ3) is 2.07. The molecule has 0 aliphatic rings. The molecule has 0 unspecified atom stereocenters. The number of rotatable bonds is 3. The highest BCUT2D eigenvalue weighted by Gasteiger charge is 2.28. The lowest BCUT2D eigenvalue weighted by Gasteiger charge is -2.16. The molecule has 0 aliphatic carbocycles. The molecule has 0 radical (unpaired) electrons. The first-order valence-corrected chi connectivity index (χ1v) is 6.01. The molecule has 0 fully saturated rings.